The van der Waals surface area contributed by atoms with Crippen LogP contribution in [0.2, 0.25) is 5.02 Å². The molecule has 0 saturated carbocycles. The Morgan fingerprint density at radius 1 is 1.22 bits per heavy atom. The summed E-state index contributed by atoms with van der Waals surface area (Å²) >= 11 is 5.86. The van der Waals surface area contributed by atoms with Gasteiger partial charge in [-0.1, -0.05) is 23.7 Å². The number of halogens is 1. The summed E-state index contributed by atoms with van der Waals surface area (Å²) in [6, 6.07) is 11.6. The van der Waals surface area contributed by atoms with Gasteiger partial charge in [-0.3, -0.25) is 4.79 Å². The van der Waals surface area contributed by atoms with E-state index in [1.807, 2.05) is 48.0 Å². The molecule has 2 aromatic rings. The van der Waals surface area contributed by atoms with Crippen molar-refractivity contribution < 1.29 is 9.90 Å². The number of aromatic nitrogens is 1. The number of hydrogen-bond acceptors (Lipinski definition) is 1. The summed E-state index contributed by atoms with van der Waals surface area (Å²) in [7, 11) is 1.95. The van der Waals surface area contributed by atoms with Crippen LogP contribution >= 0.6 is 11.6 Å². The first-order chi connectivity index (χ1) is 8.58. The largest absolute Gasteiger partial charge is 0.481 e. The summed E-state index contributed by atoms with van der Waals surface area (Å²) in [6.07, 6.45) is 0.692. The first-order valence-electron chi connectivity index (χ1n) is 5.70. The van der Waals surface area contributed by atoms with Crippen molar-refractivity contribution in [3.05, 3.63) is 47.1 Å². The maximum Gasteiger partial charge on any atom is 0.303 e. The van der Waals surface area contributed by atoms with Crippen molar-refractivity contribution in [3.8, 4) is 11.3 Å². The highest BCUT2D eigenvalue weighted by Gasteiger charge is 2.08. The van der Waals surface area contributed by atoms with Gasteiger partial charge in [0.15, 0.2) is 0 Å². The standard InChI is InChI=1S/C14H14ClNO2/c1-16-12(7-9-14(17)18)6-8-13(16)10-2-4-11(15)5-3-10/h2-6,8H,7,9H2,1H3,(H,17,18). The molecule has 0 aliphatic heterocycles. The molecule has 1 aromatic heterocycles. The SMILES string of the molecule is Cn1c(CCC(=O)O)ccc1-c1ccc(Cl)cc1. The van der Waals surface area contributed by atoms with Crippen LogP contribution in [0, 0.1) is 0 Å². The van der Waals surface area contributed by atoms with E-state index in [4.69, 9.17) is 16.7 Å². The molecule has 0 aliphatic rings. The summed E-state index contributed by atoms with van der Waals surface area (Å²) < 4.78 is 2.02. The molecule has 1 N–H and O–H groups in total. The summed E-state index contributed by atoms with van der Waals surface area (Å²) in [5.41, 5.74) is 3.15. The molecule has 1 heterocycles. The highest BCUT2D eigenvalue weighted by atomic mass is 35.5. The van der Waals surface area contributed by atoms with E-state index in [1.54, 1.807) is 0 Å². The molecule has 0 unspecified atom stereocenters. The lowest BCUT2D eigenvalue weighted by atomic mass is 10.1. The van der Waals surface area contributed by atoms with Crippen LogP contribution in [0.1, 0.15) is 12.1 Å². The van der Waals surface area contributed by atoms with Crippen molar-refractivity contribution >= 4 is 17.6 Å². The van der Waals surface area contributed by atoms with Gasteiger partial charge in [-0.25, -0.2) is 0 Å². The molecule has 0 saturated heterocycles. The van der Waals surface area contributed by atoms with Crippen molar-refractivity contribution in [2.75, 3.05) is 0 Å². The monoisotopic (exact) mass is 263 g/mol. The Kier molecular flexibility index (Phi) is 3.72. The molecule has 3 nitrogen and oxygen atoms in total. The summed E-state index contributed by atoms with van der Waals surface area (Å²) in [6.45, 7) is 0. The highest BCUT2D eigenvalue weighted by molar-refractivity contribution is 6.30. The first kappa shape index (κ1) is 12.7. The molecular weight excluding hydrogens is 250 g/mol. The average Bonchev–Trinajstić information content (AvgIpc) is 2.69. The van der Waals surface area contributed by atoms with Gasteiger partial charge in [0.1, 0.15) is 0 Å². The molecule has 1 aromatic carbocycles. The Hall–Kier alpha value is -1.74. The van der Waals surface area contributed by atoms with E-state index < -0.39 is 5.97 Å². The van der Waals surface area contributed by atoms with Crippen LogP contribution in [0.25, 0.3) is 11.3 Å². The molecule has 0 fully saturated rings. The fourth-order valence-electron chi connectivity index (χ4n) is 1.95. The Morgan fingerprint density at radius 2 is 1.89 bits per heavy atom. The van der Waals surface area contributed by atoms with Gasteiger partial charge in [-0.2, -0.15) is 0 Å². The first-order valence-corrected chi connectivity index (χ1v) is 6.08. The molecule has 4 heteroatoms. The number of benzene rings is 1. The van der Waals surface area contributed by atoms with Crippen LogP contribution < -0.4 is 0 Å². The number of aryl methyl sites for hydroxylation is 1. The lowest BCUT2D eigenvalue weighted by Crippen LogP contribution is -2.02. The molecule has 18 heavy (non-hydrogen) atoms. The maximum atomic E-state index is 10.6. The maximum absolute atomic E-state index is 10.6. The molecular formula is C14H14ClNO2. The molecule has 0 amide bonds. The zero-order valence-electron chi connectivity index (χ0n) is 10.1. The third-order valence-corrected chi connectivity index (χ3v) is 3.21. The summed E-state index contributed by atoms with van der Waals surface area (Å²) in [5.74, 6) is -0.774. The summed E-state index contributed by atoms with van der Waals surface area (Å²) in [5, 5.41) is 9.40. The molecule has 0 atom stereocenters. The minimum Gasteiger partial charge on any atom is -0.481 e. The zero-order valence-corrected chi connectivity index (χ0v) is 10.8. The third kappa shape index (κ3) is 2.74. The van der Waals surface area contributed by atoms with Crippen molar-refractivity contribution in [3.63, 3.8) is 0 Å². The Morgan fingerprint density at radius 3 is 2.50 bits per heavy atom. The van der Waals surface area contributed by atoms with E-state index in [0.29, 0.717) is 11.4 Å². The van der Waals surface area contributed by atoms with Crippen LogP contribution in [0.4, 0.5) is 0 Å². The van der Waals surface area contributed by atoms with E-state index >= 15 is 0 Å². The molecule has 0 aliphatic carbocycles. The Balaban J connectivity index is 2.25. The normalized spacial score (nSPS) is 10.6. The van der Waals surface area contributed by atoms with E-state index in [0.717, 1.165) is 17.0 Å². The minimum absolute atomic E-state index is 0.151. The van der Waals surface area contributed by atoms with Crippen LogP contribution in [-0.2, 0) is 18.3 Å². The molecule has 2 rings (SSSR count). The quantitative estimate of drug-likeness (QED) is 0.919. The van der Waals surface area contributed by atoms with Crippen molar-refractivity contribution in [2.45, 2.75) is 12.8 Å². The average molecular weight is 264 g/mol. The number of carboxylic acid groups (broad SMARTS) is 1. The molecule has 0 radical (unpaired) electrons. The topological polar surface area (TPSA) is 42.2 Å². The van der Waals surface area contributed by atoms with Gasteiger partial charge >= 0.3 is 5.97 Å². The lowest BCUT2D eigenvalue weighted by molar-refractivity contribution is -0.136. The smallest absolute Gasteiger partial charge is 0.303 e. The van der Waals surface area contributed by atoms with Gasteiger partial charge in [0, 0.05) is 23.5 Å². The van der Waals surface area contributed by atoms with E-state index in [-0.39, 0.29) is 6.42 Å². The van der Waals surface area contributed by atoms with Gasteiger partial charge in [0.25, 0.3) is 0 Å². The lowest BCUT2D eigenvalue weighted by Gasteiger charge is -2.07. The van der Waals surface area contributed by atoms with Crippen LogP contribution in [0.15, 0.2) is 36.4 Å². The molecule has 0 spiro atoms. The number of hydrogen-bond donors (Lipinski definition) is 1. The number of carbonyl (C=O) groups is 1. The predicted octanol–water partition coefficient (Wildman–Crippen LogP) is 3.36. The molecule has 94 valence electrons. The minimum atomic E-state index is -0.774. The second-order valence-electron chi connectivity index (χ2n) is 4.17. The summed E-state index contributed by atoms with van der Waals surface area (Å²) in [4.78, 5) is 10.6. The van der Waals surface area contributed by atoms with Gasteiger partial charge in [-0.15, -0.1) is 0 Å². The van der Waals surface area contributed by atoms with Crippen molar-refractivity contribution in [1.29, 1.82) is 0 Å². The third-order valence-electron chi connectivity index (χ3n) is 2.96. The van der Waals surface area contributed by atoms with Crippen LogP contribution in [0.3, 0.4) is 0 Å². The van der Waals surface area contributed by atoms with Crippen LogP contribution in [0.5, 0.6) is 0 Å². The van der Waals surface area contributed by atoms with E-state index in [1.165, 1.54) is 0 Å². The number of carboxylic acids is 1. The Labute approximate surface area is 111 Å². The molecule has 0 bridgehead atoms. The predicted molar refractivity (Wildman–Crippen MR) is 71.8 cm³/mol. The van der Waals surface area contributed by atoms with Crippen molar-refractivity contribution in [1.82, 2.24) is 4.57 Å². The highest BCUT2D eigenvalue weighted by Crippen LogP contribution is 2.23. The van der Waals surface area contributed by atoms with E-state index in [9.17, 15) is 4.79 Å². The zero-order chi connectivity index (χ0) is 13.1. The van der Waals surface area contributed by atoms with E-state index in [2.05, 4.69) is 0 Å². The number of rotatable bonds is 4. The number of aliphatic carboxylic acids is 1. The second kappa shape index (κ2) is 5.27. The van der Waals surface area contributed by atoms with Crippen molar-refractivity contribution in [2.24, 2.45) is 7.05 Å². The van der Waals surface area contributed by atoms with Gasteiger partial charge in [0.05, 0.1) is 6.42 Å². The second-order valence-corrected chi connectivity index (χ2v) is 4.61. The number of nitrogens with zero attached hydrogens (tertiary/aromatic N) is 1. The Bertz CT molecular complexity index is 558. The fourth-order valence-corrected chi connectivity index (χ4v) is 2.08. The van der Waals surface area contributed by atoms with Crippen LogP contribution in [-0.4, -0.2) is 15.6 Å². The van der Waals surface area contributed by atoms with Gasteiger partial charge in [-0.05, 0) is 36.2 Å². The fraction of sp³-hybridized carbons (Fsp3) is 0.214. The van der Waals surface area contributed by atoms with Gasteiger partial charge < -0.3 is 9.67 Å². The van der Waals surface area contributed by atoms with Gasteiger partial charge in [0.2, 0.25) is 0 Å².